The van der Waals surface area contributed by atoms with Gasteiger partial charge < -0.3 is 24.4 Å². The summed E-state index contributed by atoms with van der Waals surface area (Å²) in [6.07, 6.45) is -9.72. The Bertz CT molecular complexity index is 1150. The van der Waals surface area contributed by atoms with Crippen molar-refractivity contribution in [1.29, 1.82) is 0 Å². The fraction of sp³-hybridized carbons (Fsp3) is 0.481. The molecule has 1 saturated heterocycles. The summed E-state index contributed by atoms with van der Waals surface area (Å²) in [5.74, 6) is -0.729. The number of ether oxygens (including phenoxy) is 3. The third-order valence-electron chi connectivity index (χ3n) is 5.41. The average Bonchev–Trinajstić information content (AvgIpc) is 2.92. The van der Waals surface area contributed by atoms with Crippen LogP contribution in [0.4, 0.5) is 31.1 Å². The first-order valence-electron chi connectivity index (χ1n) is 13.3. The number of halogens is 6. The van der Waals surface area contributed by atoms with Crippen LogP contribution < -0.4 is 14.8 Å². The monoisotopic (exact) mass is 661 g/mol. The van der Waals surface area contributed by atoms with E-state index in [-0.39, 0.29) is 42.9 Å². The summed E-state index contributed by atoms with van der Waals surface area (Å²) in [7, 11) is -3.43. The highest BCUT2D eigenvalue weighted by molar-refractivity contribution is 8.22. The van der Waals surface area contributed by atoms with Crippen molar-refractivity contribution in [2.45, 2.75) is 70.9 Å². The van der Waals surface area contributed by atoms with Crippen molar-refractivity contribution >= 4 is 23.3 Å². The van der Waals surface area contributed by atoms with E-state index in [2.05, 4.69) is 14.8 Å². The zero-order valence-electron chi connectivity index (χ0n) is 24.7. The number of carbonyl (C=O) groups is 2. The number of nitrogens with zero attached hydrogens (tertiary/aromatic N) is 2. The topological polar surface area (TPSA) is 121 Å². The van der Waals surface area contributed by atoms with Gasteiger partial charge in [-0.25, -0.2) is 4.79 Å². The van der Waals surface area contributed by atoms with Crippen LogP contribution in [0.25, 0.3) is 0 Å². The zero-order valence-corrected chi connectivity index (χ0v) is 25.5. The van der Waals surface area contributed by atoms with Gasteiger partial charge in [-0.1, -0.05) is 26.0 Å². The number of carbonyl (C=O) groups excluding carboxylic acids is 2. The van der Waals surface area contributed by atoms with Gasteiger partial charge in [0.25, 0.3) is 0 Å². The van der Waals surface area contributed by atoms with Crippen molar-refractivity contribution in [2.75, 3.05) is 19.6 Å². The summed E-state index contributed by atoms with van der Waals surface area (Å²) < 4.78 is 107. The normalized spacial score (nSPS) is 16.0. The largest absolute Gasteiger partial charge is 0.573 e. The Kier molecular flexibility index (Phi) is 15.1. The first-order valence-corrected chi connectivity index (χ1v) is 14.8. The molecule has 250 valence electrons. The van der Waals surface area contributed by atoms with Crippen LogP contribution in [0.3, 0.4) is 0 Å². The number of amides is 2. The quantitative estimate of drug-likeness (QED) is 0.204. The second kappa shape index (κ2) is 17.2. The Hall–Kier alpha value is -3.41. The van der Waals surface area contributed by atoms with E-state index in [1.165, 1.54) is 45.6 Å². The minimum Gasteiger partial charge on any atom is -0.447 e. The molecule has 17 heteroatoms. The third-order valence-corrected chi connectivity index (χ3v) is 7.51. The molecule has 10 nitrogen and oxygen atoms in total. The molecule has 1 atom stereocenters. The summed E-state index contributed by atoms with van der Waals surface area (Å²) in [5, 5.41) is 2.39. The van der Waals surface area contributed by atoms with Gasteiger partial charge in [-0.3, -0.25) is 13.9 Å². The molecule has 0 bridgehead atoms. The Balaban J connectivity index is 0.000000481. The van der Waals surface area contributed by atoms with Crippen molar-refractivity contribution in [3.63, 3.8) is 0 Å². The van der Waals surface area contributed by atoms with E-state index < -0.39 is 41.4 Å². The Morgan fingerprint density at radius 3 is 1.84 bits per heavy atom. The molecule has 0 aliphatic carbocycles. The molecule has 2 aromatic carbocycles. The number of piperazine rings is 1. The number of hydrogen-bond donors (Lipinski definition) is 3. The first-order chi connectivity index (χ1) is 20.4. The summed E-state index contributed by atoms with van der Waals surface area (Å²) >= 11 is 0. The van der Waals surface area contributed by atoms with Gasteiger partial charge >= 0.3 is 18.8 Å². The van der Waals surface area contributed by atoms with Crippen LogP contribution >= 0.6 is 10.8 Å². The molecular weight excluding hydrogens is 624 g/mol. The molecule has 0 aromatic heterocycles. The molecule has 1 fully saturated rings. The molecule has 0 radical (unpaired) electrons. The standard InChI is InChI=1S/C16H23F3N2O5S.C9H8F3NO2.C2H6/c1-11(2)25-15(22)20-8-9-21(12(3)10-20)27(23,24)14-6-4-13(5-7-14)26-16(17,18)19;10-9(11,12)15-8-3-1-7(2-4-8)5-13-6-14;1-2/h4-7,11-12,23-24H,8-10H2,1-3H3;1-4,6H,5H2,(H,13,14);1-2H3. The number of rotatable bonds is 8. The van der Waals surface area contributed by atoms with E-state index in [0.717, 1.165) is 12.1 Å². The summed E-state index contributed by atoms with van der Waals surface area (Å²) in [6.45, 7) is 10.1. The number of alkyl halides is 6. The maximum absolute atomic E-state index is 12.2. The van der Waals surface area contributed by atoms with E-state index in [4.69, 9.17) is 4.74 Å². The highest BCUT2D eigenvalue weighted by atomic mass is 32.3. The number of nitrogens with one attached hydrogen (secondary N) is 1. The van der Waals surface area contributed by atoms with Crippen LogP contribution in [-0.2, 0) is 16.1 Å². The fourth-order valence-electron chi connectivity index (χ4n) is 3.69. The van der Waals surface area contributed by atoms with E-state index in [0.29, 0.717) is 12.0 Å². The SMILES string of the molecule is CC.CC(C)OC(=O)N1CCN(S(O)(O)c2ccc(OC(F)(F)F)cc2)C(C)C1.O=CNCc1ccc(OC(F)(F)F)cc1. The van der Waals surface area contributed by atoms with Gasteiger partial charge in [-0.2, -0.15) is 4.31 Å². The Morgan fingerprint density at radius 1 is 0.955 bits per heavy atom. The molecule has 44 heavy (non-hydrogen) atoms. The van der Waals surface area contributed by atoms with Crippen molar-refractivity contribution in [1.82, 2.24) is 14.5 Å². The summed E-state index contributed by atoms with van der Waals surface area (Å²) in [4.78, 5) is 23.5. The lowest BCUT2D eigenvalue weighted by Crippen LogP contribution is -2.54. The van der Waals surface area contributed by atoms with Crippen LogP contribution in [-0.4, -0.2) is 75.3 Å². The molecule has 3 rings (SSSR count). The number of benzene rings is 2. The van der Waals surface area contributed by atoms with Crippen molar-refractivity contribution in [2.24, 2.45) is 0 Å². The van der Waals surface area contributed by atoms with Gasteiger partial charge in [0.05, 0.1) is 11.0 Å². The average molecular weight is 662 g/mol. The molecule has 0 saturated carbocycles. The van der Waals surface area contributed by atoms with Gasteiger partial charge in [0.2, 0.25) is 6.41 Å². The molecular formula is C27H37F6N3O7S. The molecule has 1 heterocycles. The lowest BCUT2D eigenvalue weighted by Gasteiger charge is -2.50. The highest BCUT2D eigenvalue weighted by Gasteiger charge is 2.37. The molecule has 2 aromatic rings. The lowest BCUT2D eigenvalue weighted by atomic mass is 10.2. The smallest absolute Gasteiger partial charge is 0.447 e. The predicted octanol–water partition coefficient (Wildman–Crippen LogP) is 7.02. The molecule has 1 aliphatic heterocycles. The van der Waals surface area contributed by atoms with Crippen LogP contribution in [0.15, 0.2) is 53.4 Å². The maximum atomic E-state index is 12.2. The van der Waals surface area contributed by atoms with Crippen LogP contribution in [0.2, 0.25) is 0 Å². The third kappa shape index (κ3) is 13.5. The molecule has 0 spiro atoms. The molecule has 1 aliphatic rings. The molecule has 3 N–H and O–H groups in total. The van der Waals surface area contributed by atoms with E-state index in [9.17, 15) is 45.0 Å². The molecule has 2 amide bonds. The number of hydrogen-bond acceptors (Lipinski definition) is 8. The second-order valence-electron chi connectivity index (χ2n) is 9.10. The minimum atomic E-state index is -4.82. The lowest BCUT2D eigenvalue weighted by molar-refractivity contribution is -0.275. The van der Waals surface area contributed by atoms with E-state index in [1.54, 1.807) is 20.8 Å². The van der Waals surface area contributed by atoms with Crippen molar-refractivity contribution < 1.29 is 59.2 Å². The summed E-state index contributed by atoms with van der Waals surface area (Å²) in [5.41, 5.74) is 0.691. The zero-order chi connectivity index (χ0) is 33.7. The molecule has 1 unspecified atom stereocenters. The minimum absolute atomic E-state index is 0.0714. The Labute approximate surface area is 253 Å². The highest BCUT2D eigenvalue weighted by Crippen LogP contribution is 2.53. The maximum Gasteiger partial charge on any atom is 0.573 e. The second-order valence-corrected chi connectivity index (χ2v) is 11.1. The van der Waals surface area contributed by atoms with Crippen molar-refractivity contribution in [3.05, 3.63) is 54.1 Å². The van der Waals surface area contributed by atoms with Crippen LogP contribution in [0.1, 0.15) is 40.2 Å². The van der Waals surface area contributed by atoms with Crippen LogP contribution in [0, 0.1) is 0 Å². The van der Waals surface area contributed by atoms with Gasteiger partial charge in [-0.15, -0.1) is 37.1 Å². The summed E-state index contributed by atoms with van der Waals surface area (Å²) in [6, 6.07) is 9.29. The first kappa shape index (κ1) is 38.6. The van der Waals surface area contributed by atoms with Gasteiger partial charge in [0.1, 0.15) is 11.5 Å². The van der Waals surface area contributed by atoms with E-state index in [1.807, 2.05) is 13.8 Å². The predicted molar refractivity (Wildman–Crippen MR) is 151 cm³/mol. The van der Waals surface area contributed by atoms with Crippen LogP contribution in [0.5, 0.6) is 11.5 Å². The van der Waals surface area contributed by atoms with Gasteiger partial charge in [-0.05, 0) is 62.7 Å². The Morgan fingerprint density at radius 2 is 1.43 bits per heavy atom. The van der Waals surface area contributed by atoms with Gasteiger partial charge in [0, 0.05) is 32.2 Å². The van der Waals surface area contributed by atoms with Crippen molar-refractivity contribution in [3.8, 4) is 11.5 Å². The van der Waals surface area contributed by atoms with Gasteiger partial charge in [0.15, 0.2) is 0 Å². The van der Waals surface area contributed by atoms with E-state index >= 15 is 0 Å². The fourth-order valence-corrected chi connectivity index (χ4v) is 5.37.